The Kier molecular flexibility index (Phi) is 5.91. The molecule has 0 spiro atoms. The summed E-state index contributed by atoms with van der Waals surface area (Å²) >= 11 is 1.64. The van der Waals surface area contributed by atoms with E-state index >= 15 is 0 Å². The van der Waals surface area contributed by atoms with Crippen LogP contribution < -0.4 is 10.1 Å². The first-order valence-electron chi connectivity index (χ1n) is 8.67. The molecule has 0 saturated heterocycles. The van der Waals surface area contributed by atoms with Crippen LogP contribution in [0.5, 0.6) is 5.75 Å². The van der Waals surface area contributed by atoms with Crippen LogP contribution in [0.2, 0.25) is 0 Å². The van der Waals surface area contributed by atoms with Crippen LogP contribution in [-0.2, 0) is 6.61 Å². The lowest BCUT2D eigenvalue weighted by molar-refractivity contribution is 0.0952. The van der Waals surface area contributed by atoms with Gasteiger partial charge in [0, 0.05) is 28.1 Å². The summed E-state index contributed by atoms with van der Waals surface area (Å²) in [5, 5.41) is 3.97. The zero-order valence-corrected chi connectivity index (χ0v) is 16.2. The van der Waals surface area contributed by atoms with Gasteiger partial charge in [0.05, 0.1) is 5.56 Å². The van der Waals surface area contributed by atoms with Crippen LogP contribution in [0.25, 0.3) is 10.1 Å². The van der Waals surface area contributed by atoms with E-state index in [2.05, 4.69) is 5.32 Å². The van der Waals surface area contributed by atoms with Crippen molar-refractivity contribution >= 4 is 27.3 Å². The van der Waals surface area contributed by atoms with Crippen LogP contribution in [0.4, 0.5) is 0 Å². The van der Waals surface area contributed by atoms with Crippen LogP contribution in [0.3, 0.4) is 0 Å². The fraction of sp³-hybridized carbons (Fsp3) is 0.286. The summed E-state index contributed by atoms with van der Waals surface area (Å²) in [5.74, 6) is 0.761. The van der Waals surface area contributed by atoms with Crippen LogP contribution in [-0.4, -0.2) is 38.0 Å². The number of nitrogens with zero attached hydrogens (tertiary/aromatic N) is 1. The average molecular weight is 369 g/mol. The van der Waals surface area contributed by atoms with E-state index in [0.29, 0.717) is 13.2 Å². The number of nitrogens with one attached hydrogen (secondary N) is 1. The molecular weight excluding hydrogens is 344 g/mol. The number of benzene rings is 2. The third-order valence-corrected chi connectivity index (χ3v) is 5.24. The van der Waals surface area contributed by atoms with E-state index in [1.807, 2.05) is 74.4 Å². The monoisotopic (exact) mass is 368 g/mol. The fourth-order valence-corrected chi connectivity index (χ4v) is 3.83. The van der Waals surface area contributed by atoms with Crippen LogP contribution >= 0.6 is 11.3 Å². The molecule has 3 rings (SSSR count). The van der Waals surface area contributed by atoms with E-state index in [4.69, 9.17) is 4.74 Å². The third-order valence-electron chi connectivity index (χ3n) is 4.16. The zero-order chi connectivity index (χ0) is 18.5. The molecule has 136 valence electrons. The van der Waals surface area contributed by atoms with Gasteiger partial charge in [0.1, 0.15) is 12.4 Å². The molecule has 0 atom stereocenters. The molecule has 4 nitrogen and oxygen atoms in total. The molecule has 5 heteroatoms. The van der Waals surface area contributed by atoms with Crippen molar-refractivity contribution in [3.05, 3.63) is 64.5 Å². The summed E-state index contributed by atoms with van der Waals surface area (Å²) < 4.78 is 7.03. The predicted octanol–water partition coefficient (Wildman–Crippen LogP) is 4.08. The van der Waals surface area contributed by atoms with Crippen LogP contribution in [0.1, 0.15) is 20.8 Å². The second kappa shape index (κ2) is 8.34. The minimum atomic E-state index is -0.0178. The third kappa shape index (κ3) is 4.42. The molecule has 2 aromatic carbocycles. The summed E-state index contributed by atoms with van der Waals surface area (Å²) in [6.45, 7) is 3.96. The van der Waals surface area contributed by atoms with Crippen molar-refractivity contribution in [2.45, 2.75) is 13.5 Å². The molecular formula is C21H24N2O2S. The van der Waals surface area contributed by atoms with Gasteiger partial charge in [-0.2, -0.15) is 0 Å². The summed E-state index contributed by atoms with van der Waals surface area (Å²) in [4.78, 5) is 15.7. The summed E-state index contributed by atoms with van der Waals surface area (Å²) in [7, 11) is 3.99. The lowest BCUT2D eigenvalue weighted by Gasteiger charge is -2.11. The van der Waals surface area contributed by atoms with Crippen molar-refractivity contribution in [2.24, 2.45) is 0 Å². The van der Waals surface area contributed by atoms with Gasteiger partial charge in [-0.3, -0.25) is 4.79 Å². The quantitative estimate of drug-likeness (QED) is 0.683. The smallest absolute Gasteiger partial charge is 0.253 e. The number of hydrogen-bond acceptors (Lipinski definition) is 4. The van der Waals surface area contributed by atoms with E-state index < -0.39 is 0 Å². The second-order valence-corrected chi connectivity index (χ2v) is 7.78. The highest BCUT2D eigenvalue weighted by atomic mass is 32.1. The molecule has 1 heterocycles. The van der Waals surface area contributed by atoms with Gasteiger partial charge >= 0.3 is 0 Å². The van der Waals surface area contributed by atoms with Crippen LogP contribution in [0, 0.1) is 6.92 Å². The van der Waals surface area contributed by atoms with Crippen molar-refractivity contribution in [3.8, 4) is 5.75 Å². The molecule has 0 aliphatic heterocycles. The van der Waals surface area contributed by atoms with Crippen molar-refractivity contribution in [2.75, 3.05) is 27.2 Å². The van der Waals surface area contributed by atoms with Crippen molar-refractivity contribution < 1.29 is 9.53 Å². The first kappa shape index (κ1) is 18.4. The molecule has 0 aliphatic carbocycles. The number of fused-ring (bicyclic) bond motifs is 1. The van der Waals surface area contributed by atoms with Crippen LogP contribution in [0.15, 0.2) is 48.5 Å². The minimum Gasteiger partial charge on any atom is -0.489 e. The van der Waals surface area contributed by atoms with Gasteiger partial charge in [0.25, 0.3) is 5.91 Å². The van der Waals surface area contributed by atoms with Gasteiger partial charge in [-0.15, -0.1) is 11.3 Å². The Hall–Kier alpha value is -2.37. The highest BCUT2D eigenvalue weighted by Gasteiger charge is 2.17. The topological polar surface area (TPSA) is 41.6 Å². The molecule has 26 heavy (non-hydrogen) atoms. The lowest BCUT2D eigenvalue weighted by atomic mass is 10.1. The number of aryl methyl sites for hydroxylation is 1. The predicted molar refractivity (Wildman–Crippen MR) is 108 cm³/mol. The summed E-state index contributed by atoms with van der Waals surface area (Å²) in [6.07, 6.45) is 0. The summed E-state index contributed by atoms with van der Waals surface area (Å²) in [6, 6.07) is 16.0. The number of rotatable bonds is 7. The molecule has 1 N–H and O–H groups in total. The molecule has 0 bridgehead atoms. The first-order valence-corrected chi connectivity index (χ1v) is 9.49. The number of carbonyl (C=O) groups is 1. The highest BCUT2D eigenvalue weighted by Crippen LogP contribution is 2.33. The first-order chi connectivity index (χ1) is 12.5. The number of thiophene rings is 1. The van der Waals surface area contributed by atoms with E-state index in [1.54, 1.807) is 11.3 Å². The largest absolute Gasteiger partial charge is 0.489 e. The molecule has 0 aliphatic rings. The van der Waals surface area contributed by atoms with Gasteiger partial charge in [0.15, 0.2) is 0 Å². The van der Waals surface area contributed by atoms with Crippen molar-refractivity contribution in [3.63, 3.8) is 0 Å². The maximum Gasteiger partial charge on any atom is 0.253 e. The maximum absolute atomic E-state index is 12.6. The SMILES string of the molecule is Cc1sc2ccc(OCc3ccccc3)cc2c1C(=O)NCCN(C)C. The fourth-order valence-electron chi connectivity index (χ4n) is 2.79. The Morgan fingerprint density at radius 3 is 2.65 bits per heavy atom. The van der Waals surface area contributed by atoms with Gasteiger partial charge < -0.3 is 15.0 Å². The van der Waals surface area contributed by atoms with Gasteiger partial charge in [-0.05, 0) is 44.8 Å². The molecule has 0 fully saturated rings. The molecule has 0 unspecified atom stereocenters. The number of hydrogen-bond donors (Lipinski definition) is 1. The maximum atomic E-state index is 12.6. The van der Waals surface area contributed by atoms with Gasteiger partial charge in [0.2, 0.25) is 0 Å². The average Bonchev–Trinajstić information content (AvgIpc) is 2.95. The van der Waals surface area contributed by atoms with E-state index in [1.165, 1.54) is 0 Å². The van der Waals surface area contributed by atoms with E-state index in [9.17, 15) is 4.79 Å². The van der Waals surface area contributed by atoms with E-state index in [-0.39, 0.29) is 5.91 Å². The molecule has 1 amide bonds. The Morgan fingerprint density at radius 2 is 1.92 bits per heavy atom. The Bertz CT molecular complexity index is 888. The number of likely N-dealkylation sites (N-methyl/N-ethyl adjacent to an activating group) is 1. The molecule has 0 radical (unpaired) electrons. The number of amides is 1. The second-order valence-electron chi connectivity index (χ2n) is 6.52. The molecule has 1 aromatic heterocycles. The van der Waals surface area contributed by atoms with Gasteiger partial charge in [-0.25, -0.2) is 0 Å². The Morgan fingerprint density at radius 1 is 1.15 bits per heavy atom. The van der Waals surface area contributed by atoms with Crippen molar-refractivity contribution in [1.29, 1.82) is 0 Å². The van der Waals surface area contributed by atoms with Gasteiger partial charge in [-0.1, -0.05) is 30.3 Å². The standard InChI is InChI=1S/C21H24N2O2S/c1-15-20(21(24)22-11-12-23(2)3)18-13-17(9-10-19(18)26-15)25-14-16-7-5-4-6-8-16/h4-10,13H,11-12,14H2,1-3H3,(H,22,24). The molecule has 3 aromatic rings. The zero-order valence-electron chi connectivity index (χ0n) is 15.4. The van der Waals surface area contributed by atoms with E-state index in [0.717, 1.165) is 38.4 Å². The minimum absolute atomic E-state index is 0.0178. The highest BCUT2D eigenvalue weighted by molar-refractivity contribution is 7.19. The normalized spacial score (nSPS) is 11.1. The Balaban J connectivity index is 1.78. The van der Waals surface area contributed by atoms with Crippen molar-refractivity contribution in [1.82, 2.24) is 10.2 Å². The summed E-state index contributed by atoms with van der Waals surface area (Å²) in [5.41, 5.74) is 1.88. The Labute approximate surface area is 158 Å². The lowest BCUT2D eigenvalue weighted by Crippen LogP contribution is -2.31. The molecule has 0 saturated carbocycles. The number of ether oxygens (including phenoxy) is 1. The number of carbonyl (C=O) groups excluding carboxylic acids is 1.